The molecule has 0 nitrogen and oxygen atoms in total. The van der Waals surface area contributed by atoms with Crippen molar-refractivity contribution in [2.45, 2.75) is 19.3 Å². The average Bonchev–Trinajstić information content (AvgIpc) is 3.29. The molecule has 0 atom stereocenters. The van der Waals surface area contributed by atoms with Crippen LogP contribution in [0.5, 0.6) is 0 Å². The van der Waals surface area contributed by atoms with Crippen molar-refractivity contribution >= 4 is 61.1 Å². The van der Waals surface area contributed by atoms with Gasteiger partial charge >= 0.3 is 0 Å². The van der Waals surface area contributed by atoms with E-state index in [0.29, 0.717) is 0 Å². The van der Waals surface area contributed by atoms with E-state index in [1.807, 2.05) is 0 Å². The number of fused-ring (bicyclic) bond motifs is 4. The molecular weight excluding hydrogens is 713 g/mol. The largest absolute Gasteiger partial charge is 0.179 e. The Morgan fingerprint density at radius 1 is 0.293 bits per heavy atom. The highest BCUT2D eigenvalue weighted by Crippen LogP contribution is 2.52. The van der Waals surface area contributed by atoms with Crippen LogP contribution in [0.3, 0.4) is 0 Å². The highest BCUT2D eigenvalue weighted by Gasteiger charge is 2.41. The Morgan fingerprint density at radius 3 is 1.26 bits per heavy atom. The van der Waals surface area contributed by atoms with Crippen LogP contribution in [0, 0.1) is 0 Å². The minimum Gasteiger partial charge on any atom is -0.0623 e. The number of rotatable bonds is 6. The summed E-state index contributed by atoms with van der Waals surface area (Å²) >= 11 is 0. The van der Waals surface area contributed by atoms with E-state index in [9.17, 15) is 0 Å². The molecule has 0 unspecified atom stereocenters. The minimum atomic E-state index is -2.65. The smallest absolute Gasteiger partial charge is 0.0623 e. The lowest BCUT2D eigenvalue weighted by Crippen LogP contribution is -2.74. The molecule has 274 valence electrons. The maximum Gasteiger partial charge on any atom is 0.179 e. The lowest BCUT2D eigenvalue weighted by molar-refractivity contribution is 0.645. The van der Waals surface area contributed by atoms with Gasteiger partial charge in [-0.25, -0.2) is 0 Å². The third kappa shape index (κ3) is 5.00. The molecule has 10 aromatic carbocycles. The Morgan fingerprint density at radius 2 is 0.707 bits per heavy atom. The van der Waals surface area contributed by atoms with Crippen LogP contribution in [0.25, 0.3) is 65.7 Å². The first-order valence-corrected chi connectivity index (χ1v) is 22.4. The van der Waals surface area contributed by atoms with Crippen LogP contribution in [0.4, 0.5) is 0 Å². The fourth-order valence-corrected chi connectivity index (χ4v) is 15.2. The zero-order chi connectivity index (χ0) is 38.8. The molecule has 10 aromatic rings. The monoisotopic (exact) mass is 754 g/mol. The Balaban J connectivity index is 1.15. The second-order valence-corrected chi connectivity index (χ2v) is 20.1. The topological polar surface area (TPSA) is 0 Å². The summed E-state index contributed by atoms with van der Waals surface area (Å²) in [7, 11) is -2.65. The van der Waals surface area contributed by atoms with Gasteiger partial charge in [-0.15, -0.1) is 0 Å². The summed E-state index contributed by atoms with van der Waals surface area (Å²) in [6.45, 7) is 4.76. The van der Waals surface area contributed by atoms with Crippen molar-refractivity contribution in [3.05, 3.63) is 230 Å². The summed E-state index contributed by atoms with van der Waals surface area (Å²) in [4.78, 5) is 0. The normalized spacial score (nSPS) is 13.1. The summed E-state index contributed by atoms with van der Waals surface area (Å²) in [5.74, 6) is 0. The van der Waals surface area contributed by atoms with Gasteiger partial charge in [-0.3, -0.25) is 0 Å². The lowest BCUT2D eigenvalue weighted by atomic mass is 9.68. The third-order valence-electron chi connectivity index (χ3n) is 13.0. The predicted molar refractivity (Wildman–Crippen MR) is 251 cm³/mol. The molecule has 0 saturated heterocycles. The van der Waals surface area contributed by atoms with E-state index in [2.05, 4.69) is 232 Å². The Bertz CT molecular complexity index is 3010. The molecule has 0 N–H and O–H groups in total. The van der Waals surface area contributed by atoms with E-state index in [4.69, 9.17) is 0 Å². The molecule has 0 fully saturated rings. The summed E-state index contributed by atoms with van der Waals surface area (Å²) in [6.07, 6.45) is 0. The summed E-state index contributed by atoms with van der Waals surface area (Å²) in [5, 5.41) is 13.3. The molecule has 0 heterocycles. The zero-order valence-electron chi connectivity index (χ0n) is 32.8. The quantitative estimate of drug-likeness (QED) is 0.0901. The SMILES string of the molecule is CC1(C)c2ccccc2-c2ccc(-c3c4ccccc4c(-c4ccc([Si](c5ccccc5)(c5ccccc5)c5ccccc5)cc4)c4ccccc34)c3cccc1c23. The first-order valence-electron chi connectivity index (χ1n) is 20.4. The molecule has 1 heteroatoms. The standard InChI is InChI=1S/C57H42Si/c1-57(2)52-31-17-16-25-44(52)50-37-38-51(49-30-18-32-53(57)56(49)50)55-47-28-14-12-26-45(47)54(46-27-13-15-29-48(46)55)39-33-35-43(36-34-39)58(40-19-6-3-7-20-40,41-21-8-4-9-22-41)42-23-10-5-11-24-42/h3-38H,1-2H3. The van der Waals surface area contributed by atoms with Gasteiger partial charge in [-0.2, -0.15) is 0 Å². The van der Waals surface area contributed by atoms with Crippen LogP contribution in [0.1, 0.15) is 25.0 Å². The van der Waals surface area contributed by atoms with Gasteiger partial charge in [0.1, 0.15) is 0 Å². The van der Waals surface area contributed by atoms with Crippen LogP contribution < -0.4 is 20.7 Å². The van der Waals surface area contributed by atoms with Gasteiger partial charge in [0.05, 0.1) is 0 Å². The van der Waals surface area contributed by atoms with E-state index >= 15 is 0 Å². The van der Waals surface area contributed by atoms with Crippen molar-refractivity contribution in [2.24, 2.45) is 0 Å². The van der Waals surface area contributed by atoms with Gasteiger partial charge in [0.15, 0.2) is 8.07 Å². The fraction of sp³-hybridized carbons (Fsp3) is 0.0526. The van der Waals surface area contributed by atoms with Gasteiger partial charge in [0, 0.05) is 5.41 Å². The van der Waals surface area contributed by atoms with Crippen molar-refractivity contribution in [1.82, 2.24) is 0 Å². The van der Waals surface area contributed by atoms with Gasteiger partial charge in [0.2, 0.25) is 0 Å². The molecule has 11 rings (SSSR count). The third-order valence-corrected chi connectivity index (χ3v) is 17.8. The predicted octanol–water partition coefficient (Wildman–Crippen LogP) is 12.2. The molecule has 0 aromatic heterocycles. The first kappa shape index (κ1) is 34.4. The highest BCUT2D eigenvalue weighted by molar-refractivity contribution is 7.19. The Hall–Kier alpha value is -6.80. The minimum absolute atomic E-state index is 0.107. The van der Waals surface area contributed by atoms with E-state index in [-0.39, 0.29) is 5.41 Å². The molecule has 0 bridgehead atoms. The van der Waals surface area contributed by atoms with Crippen LogP contribution in [-0.2, 0) is 5.41 Å². The molecule has 58 heavy (non-hydrogen) atoms. The molecule has 0 radical (unpaired) electrons. The van der Waals surface area contributed by atoms with Gasteiger partial charge in [-0.05, 0) is 97.6 Å². The summed E-state index contributed by atoms with van der Waals surface area (Å²) in [6, 6.07) is 82.1. The van der Waals surface area contributed by atoms with E-state index < -0.39 is 8.07 Å². The van der Waals surface area contributed by atoms with Crippen molar-refractivity contribution in [2.75, 3.05) is 0 Å². The highest BCUT2D eigenvalue weighted by atomic mass is 28.3. The molecule has 1 aliphatic rings. The number of benzene rings is 10. The van der Waals surface area contributed by atoms with Crippen molar-refractivity contribution in [3.63, 3.8) is 0 Å². The van der Waals surface area contributed by atoms with Crippen LogP contribution in [0.2, 0.25) is 0 Å². The maximum absolute atomic E-state index is 2.65. The van der Waals surface area contributed by atoms with Gasteiger partial charge < -0.3 is 0 Å². The molecule has 0 amide bonds. The van der Waals surface area contributed by atoms with Crippen molar-refractivity contribution in [3.8, 4) is 33.4 Å². The van der Waals surface area contributed by atoms with Crippen LogP contribution in [-0.4, -0.2) is 8.07 Å². The zero-order valence-corrected chi connectivity index (χ0v) is 33.8. The average molecular weight is 755 g/mol. The molecular formula is C57H42Si. The Labute approximate surface area is 341 Å². The second-order valence-electron chi connectivity index (χ2n) is 16.3. The van der Waals surface area contributed by atoms with Crippen molar-refractivity contribution in [1.29, 1.82) is 0 Å². The van der Waals surface area contributed by atoms with Gasteiger partial charge in [0.25, 0.3) is 0 Å². The second kappa shape index (κ2) is 13.4. The van der Waals surface area contributed by atoms with E-state index in [1.165, 1.54) is 97.6 Å². The molecule has 0 saturated carbocycles. The number of hydrogen-bond donors (Lipinski definition) is 0. The Kier molecular flexibility index (Phi) is 7.96. The fourth-order valence-electron chi connectivity index (χ4n) is 10.5. The lowest BCUT2D eigenvalue weighted by Gasteiger charge is -2.35. The van der Waals surface area contributed by atoms with E-state index in [0.717, 1.165) is 0 Å². The molecule has 0 aliphatic heterocycles. The van der Waals surface area contributed by atoms with Gasteiger partial charge in [-0.1, -0.05) is 232 Å². The maximum atomic E-state index is 2.43. The van der Waals surface area contributed by atoms with E-state index in [1.54, 1.807) is 0 Å². The van der Waals surface area contributed by atoms with Crippen LogP contribution in [0.15, 0.2) is 218 Å². The summed E-state index contributed by atoms with van der Waals surface area (Å²) in [5.41, 5.74) is 10.5. The van der Waals surface area contributed by atoms with Crippen LogP contribution >= 0.6 is 0 Å². The molecule has 1 aliphatic carbocycles. The first-order chi connectivity index (χ1) is 28.6. The van der Waals surface area contributed by atoms with Crippen molar-refractivity contribution < 1.29 is 0 Å². The molecule has 0 spiro atoms. The number of hydrogen-bond acceptors (Lipinski definition) is 0. The summed E-state index contributed by atoms with van der Waals surface area (Å²) < 4.78 is 0.